The minimum atomic E-state index is 0.544. The molecule has 0 aliphatic heterocycles. The van der Waals surface area contributed by atoms with Gasteiger partial charge in [-0.25, -0.2) is 9.97 Å². The highest BCUT2D eigenvalue weighted by Gasteiger charge is 2.03. The van der Waals surface area contributed by atoms with E-state index in [1.165, 1.54) is 6.33 Å². The standard InChI is InChI=1S/C12H11BrN2O/c1-2-9-5-3-4-6-10(9)16-12-7-11(13)14-8-15-12/h3-8H,2H2,1H3. The molecular formula is C12H11BrN2O. The Bertz CT molecular complexity index is 488. The normalized spacial score (nSPS) is 10.1. The van der Waals surface area contributed by atoms with Gasteiger partial charge in [-0.1, -0.05) is 25.1 Å². The van der Waals surface area contributed by atoms with Crippen LogP contribution in [0.3, 0.4) is 0 Å². The summed E-state index contributed by atoms with van der Waals surface area (Å²) in [5.74, 6) is 1.39. The molecule has 0 fully saturated rings. The molecule has 82 valence electrons. The lowest BCUT2D eigenvalue weighted by molar-refractivity contribution is 0.455. The molecule has 0 spiro atoms. The molecule has 0 amide bonds. The topological polar surface area (TPSA) is 35.0 Å². The summed E-state index contributed by atoms with van der Waals surface area (Å²) in [6.07, 6.45) is 2.40. The number of halogens is 1. The molecule has 0 unspecified atom stereocenters. The van der Waals surface area contributed by atoms with Crippen molar-refractivity contribution in [2.75, 3.05) is 0 Å². The summed E-state index contributed by atoms with van der Waals surface area (Å²) in [6.45, 7) is 2.10. The third-order valence-electron chi connectivity index (χ3n) is 2.18. The van der Waals surface area contributed by atoms with Crippen LogP contribution in [-0.2, 0) is 6.42 Å². The van der Waals surface area contributed by atoms with Crippen molar-refractivity contribution in [1.29, 1.82) is 0 Å². The summed E-state index contributed by atoms with van der Waals surface area (Å²) in [5.41, 5.74) is 1.16. The molecule has 4 heteroatoms. The van der Waals surface area contributed by atoms with Crippen molar-refractivity contribution in [3.8, 4) is 11.6 Å². The SMILES string of the molecule is CCc1ccccc1Oc1cc(Br)ncn1. The van der Waals surface area contributed by atoms with Crippen LogP contribution in [0.4, 0.5) is 0 Å². The molecule has 0 bridgehead atoms. The Labute approximate surface area is 103 Å². The first-order chi connectivity index (χ1) is 7.79. The molecule has 16 heavy (non-hydrogen) atoms. The van der Waals surface area contributed by atoms with E-state index in [-0.39, 0.29) is 0 Å². The van der Waals surface area contributed by atoms with Crippen LogP contribution in [-0.4, -0.2) is 9.97 Å². The Morgan fingerprint density at radius 3 is 2.81 bits per heavy atom. The molecule has 1 aromatic heterocycles. The molecule has 2 aromatic rings. The van der Waals surface area contributed by atoms with Crippen molar-refractivity contribution in [3.63, 3.8) is 0 Å². The van der Waals surface area contributed by atoms with E-state index in [0.717, 1.165) is 17.7 Å². The monoisotopic (exact) mass is 278 g/mol. The van der Waals surface area contributed by atoms with Crippen LogP contribution in [0.5, 0.6) is 11.6 Å². The number of rotatable bonds is 3. The van der Waals surface area contributed by atoms with Crippen molar-refractivity contribution in [2.45, 2.75) is 13.3 Å². The summed E-state index contributed by atoms with van der Waals surface area (Å²) in [4.78, 5) is 8.00. The number of benzene rings is 1. The second kappa shape index (κ2) is 5.07. The van der Waals surface area contributed by atoms with Gasteiger partial charge in [-0.15, -0.1) is 0 Å². The molecule has 1 aromatic carbocycles. The lowest BCUT2D eigenvalue weighted by atomic mass is 10.1. The number of nitrogens with zero attached hydrogens (tertiary/aromatic N) is 2. The van der Waals surface area contributed by atoms with Crippen LogP contribution in [0.2, 0.25) is 0 Å². The fourth-order valence-electron chi connectivity index (χ4n) is 1.38. The highest BCUT2D eigenvalue weighted by Crippen LogP contribution is 2.24. The highest BCUT2D eigenvalue weighted by atomic mass is 79.9. The van der Waals surface area contributed by atoms with Gasteiger partial charge in [-0.3, -0.25) is 0 Å². The zero-order valence-corrected chi connectivity index (χ0v) is 10.4. The van der Waals surface area contributed by atoms with Gasteiger partial charge in [0.25, 0.3) is 0 Å². The number of para-hydroxylation sites is 1. The van der Waals surface area contributed by atoms with Gasteiger partial charge in [-0.2, -0.15) is 0 Å². The predicted octanol–water partition coefficient (Wildman–Crippen LogP) is 3.59. The Morgan fingerprint density at radius 1 is 1.25 bits per heavy atom. The summed E-state index contributed by atoms with van der Waals surface area (Å²) >= 11 is 3.28. The smallest absolute Gasteiger partial charge is 0.223 e. The van der Waals surface area contributed by atoms with Gasteiger partial charge in [0.1, 0.15) is 16.7 Å². The molecule has 0 aliphatic carbocycles. The van der Waals surface area contributed by atoms with Crippen molar-refractivity contribution in [2.24, 2.45) is 0 Å². The summed E-state index contributed by atoms with van der Waals surface area (Å²) in [5, 5.41) is 0. The Kier molecular flexibility index (Phi) is 3.51. The Hall–Kier alpha value is -1.42. The molecule has 1 heterocycles. The fourth-order valence-corrected chi connectivity index (χ4v) is 1.67. The lowest BCUT2D eigenvalue weighted by Gasteiger charge is -2.08. The summed E-state index contributed by atoms with van der Waals surface area (Å²) in [7, 11) is 0. The average Bonchev–Trinajstić information content (AvgIpc) is 2.30. The van der Waals surface area contributed by atoms with Crippen molar-refractivity contribution >= 4 is 15.9 Å². The number of ether oxygens (including phenoxy) is 1. The van der Waals surface area contributed by atoms with Gasteiger partial charge in [0.2, 0.25) is 5.88 Å². The zero-order chi connectivity index (χ0) is 11.4. The first-order valence-corrected chi connectivity index (χ1v) is 5.82. The molecule has 2 rings (SSSR count). The van der Waals surface area contributed by atoms with E-state index in [0.29, 0.717) is 10.5 Å². The summed E-state index contributed by atoms with van der Waals surface area (Å²) in [6, 6.07) is 9.68. The van der Waals surface area contributed by atoms with Gasteiger partial charge in [-0.05, 0) is 34.0 Å². The van der Waals surface area contributed by atoms with E-state index in [1.54, 1.807) is 6.07 Å². The molecule has 0 aliphatic rings. The maximum Gasteiger partial charge on any atom is 0.223 e. The maximum absolute atomic E-state index is 5.70. The van der Waals surface area contributed by atoms with E-state index in [2.05, 4.69) is 32.8 Å². The molecule has 0 saturated carbocycles. The molecule has 0 atom stereocenters. The first kappa shape index (κ1) is 11.1. The van der Waals surface area contributed by atoms with Crippen LogP contribution in [0, 0.1) is 0 Å². The van der Waals surface area contributed by atoms with Crippen molar-refractivity contribution in [3.05, 3.63) is 46.8 Å². The van der Waals surface area contributed by atoms with Crippen molar-refractivity contribution < 1.29 is 4.74 Å². The number of aromatic nitrogens is 2. The van der Waals surface area contributed by atoms with Gasteiger partial charge < -0.3 is 4.74 Å². The van der Waals surface area contributed by atoms with Crippen molar-refractivity contribution in [1.82, 2.24) is 9.97 Å². The molecule has 3 nitrogen and oxygen atoms in total. The van der Waals surface area contributed by atoms with Crippen LogP contribution < -0.4 is 4.74 Å². The van der Waals surface area contributed by atoms with Crippen LogP contribution in [0.15, 0.2) is 41.3 Å². The van der Waals surface area contributed by atoms with E-state index in [4.69, 9.17) is 4.74 Å². The lowest BCUT2D eigenvalue weighted by Crippen LogP contribution is -1.92. The third kappa shape index (κ3) is 2.58. The zero-order valence-electron chi connectivity index (χ0n) is 8.85. The second-order valence-electron chi connectivity index (χ2n) is 3.24. The quantitative estimate of drug-likeness (QED) is 0.805. The largest absolute Gasteiger partial charge is 0.439 e. The summed E-state index contributed by atoms with van der Waals surface area (Å²) < 4.78 is 6.41. The van der Waals surface area contributed by atoms with Gasteiger partial charge in [0, 0.05) is 6.07 Å². The molecule has 0 N–H and O–H groups in total. The average molecular weight is 279 g/mol. The maximum atomic E-state index is 5.70. The third-order valence-corrected chi connectivity index (χ3v) is 2.61. The van der Waals surface area contributed by atoms with Crippen LogP contribution in [0.1, 0.15) is 12.5 Å². The Balaban J connectivity index is 2.26. The van der Waals surface area contributed by atoms with E-state index in [9.17, 15) is 0 Å². The Morgan fingerprint density at radius 2 is 2.06 bits per heavy atom. The van der Waals surface area contributed by atoms with Gasteiger partial charge >= 0.3 is 0 Å². The highest BCUT2D eigenvalue weighted by molar-refractivity contribution is 9.10. The van der Waals surface area contributed by atoms with Gasteiger partial charge in [0.15, 0.2) is 0 Å². The van der Waals surface area contributed by atoms with E-state index >= 15 is 0 Å². The van der Waals surface area contributed by atoms with Crippen LogP contribution >= 0.6 is 15.9 Å². The van der Waals surface area contributed by atoms with E-state index in [1.807, 2.05) is 24.3 Å². The second-order valence-corrected chi connectivity index (χ2v) is 4.05. The fraction of sp³-hybridized carbons (Fsp3) is 0.167. The number of hydrogen-bond donors (Lipinski definition) is 0. The molecule has 0 radical (unpaired) electrons. The minimum absolute atomic E-state index is 0.544. The molecular weight excluding hydrogens is 268 g/mol. The van der Waals surface area contributed by atoms with E-state index < -0.39 is 0 Å². The minimum Gasteiger partial charge on any atom is -0.439 e. The predicted molar refractivity (Wildman–Crippen MR) is 65.6 cm³/mol. The van der Waals surface area contributed by atoms with Gasteiger partial charge in [0.05, 0.1) is 0 Å². The van der Waals surface area contributed by atoms with Crippen LogP contribution in [0.25, 0.3) is 0 Å². The number of aryl methyl sites for hydroxylation is 1. The number of hydrogen-bond acceptors (Lipinski definition) is 3. The molecule has 0 saturated heterocycles. The first-order valence-electron chi connectivity index (χ1n) is 5.03.